The number of aliphatic imine (C=N–C) groups is 1. The van der Waals surface area contributed by atoms with Crippen LogP contribution in [-0.4, -0.2) is 26.6 Å². The third-order valence-electron chi connectivity index (χ3n) is 3.24. The van der Waals surface area contributed by atoms with Gasteiger partial charge in [-0.1, -0.05) is 32.1 Å². The van der Waals surface area contributed by atoms with E-state index < -0.39 is 0 Å². The topological polar surface area (TPSA) is 36.4 Å². The Balaban J connectivity index is 2.23. The number of guanidine groups is 1. The summed E-state index contributed by atoms with van der Waals surface area (Å²) in [6.45, 7) is 1.08. The summed E-state index contributed by atoms with van der Waals surface area (Å²) in [6.07, 6.45) is 9.88. The molecule has 3 nitrogen and oxygen atoms in total. The van der Waals surface area contributed by atoms with Gasteiger partial charge in [-0.15, -0.1) is 0 Å². The molecule has 1 rings (SSSR count). The van der Waals surface area contributed by atoms with E-state index in [1.165, 1.54) is 44.9 Å². The maximum atomic E-state index is 4.13. The molecule has 0 saturated heterocycles. The Morgan fingerprint density at radius 3 is 2.27 bits per heavy atom. The molecule has 0 aliphatic heterocycles. The summed E-state index contributed by atoms with van der Waals surface area (Å²) in [5.74, 6) is 1.76. The van der Waals surface area contributed by atoms with Gasteiger partial charge in [-0.05, 0) is 18.8 Å². The molecular weight excluding hydrogens is 186 g/mol. The van der Waals surface area contributed by atoms with E-state index in [4.69, 9.17) is 0 Å². The van der Waals surface area contributed by atoms with Gasteiger partial charge in [0.25, 0.3) is 0 Å². The highest BCUT2D eigenvalue weighted by molar-refractivity contribution is 5.79. The predicted octanol–water partition coefficient (Wildman–Crippen LogP) is 2.14. The SMILES string of the molecule is CN=C(NC)NCC1CCCCCCC1. The van der Waals surface area contributed by atoms with E-state index >= 15 is 0 Å². The molecule has 0 aromatic rings. The van der Waals surface area contributed by atoms with E-state index in [9.17, 15) is 0 Å². The molecular formula is C12H25N3. The Hall–Kier alpha value is -0.730. The number of rotatable bonds is 2. The molecule has 88 valence electrons. The van der Waals surface area contributed by atoms with Crippen LogP contribution in [0.4, 0.5) is 0 Å². The largest absolute Gasteiger partial charge is 0.359 e. The Morgan fingerprint density at radius 2 is 1.73 bits per heavy atom. The third kappa shape index (κ3) is 5.05. The van der Waals surface area contributed by atoms with Gasteiger partial charge in [-0.2, -0.15) is 0 Å². The highest BCUT2D eigenvalue weighted by atomic mass is 15.1. The maximum absolute atomic E-state index is 4.13. The van der Waals surface area contributed by atoms with Crippen LogP contribution in [0, 0.1) is 5.92 Å². The second-order valence-electron chi connectivity index (χ2n) is 4.41. The zero-order valence-electron chi connectivity index (χ0n) is 10.2. The lowest BCUT2D eigenvalue weighted by Crippen LogP contribution is -2.37. The summed E-state index contributed by atoms with van der Waals surface area (Å²) in [5, 5.41) is 6.43. The van der Waals surface area contributed by atoms with Gasteiger partial charge in [0.2, 0.25) is 0 Å². The number of nitrogens with one attached hydrogen (secondary N) is 2. The third-order valence-corrected chi connectivity index (χ3v) is 3.24. The summed E-state index contributed by atoms with van der Waals surface area (Å²) < 4.78 is 0. The molecule has 0 spiro atoms. The monoisotopic (exact) mass is 211 g/mol. The fraction of sp³-hybridized carbons (Fsp3) is 0.917. The Labute approximate surface area is 93.7 Å². The van der Waals surface area contributed by atoms with Crippen molar-refractivity contribution in [3.05, 3.63) is 0 Å². The maximum Gasteiger partial charge on any atom is 0.190 e. The lowest BCUT2D eigenvalue weighted by Gasteiger charge is -2.20. The molecule has 0 unspecified atom stereocenters. The zero-order valence-corrected chi connectivity index (χ0v) is 10.2. The summed E-state index contributed by atoms with van der Waals surface area (Å²) in [7, 11) is 3.73. The molecule has 1 fully saturated rings. The molecule has 15 heavy (non-hydrogen) atoms. The van der Waals surface area contributed by atoms with Gasteiger partial charge in [0, 0.05) is 20.6 Å². The number of hydrogen-bond donors (Lipinski definition) is 2. The van der Waals surface area contributed by atoms with Crippen LogP contribution in [0.2, 0.25) is 0 Å². The number of hydrogen-bond acceptors (Lipinski definition) is 1. The van der Waals surface area contributed by atoms with E-state index in [1.807, 2.05) is 14.1 Å². The quantitative estimate of drug-likeness (QED) is 0.542. The van der Waals surface area contributed by atoms with Crippen molar-refractivity contribution >= 4 is 5.96 Å². The van der Waals surface area contributed by atoms with E-state index in [1.54, 1.807) is 0 Å². The van der Waals surface area contributed by atoms with Gasteiger partial charge in [0.1, 0.15) is 0 Å². The van der Waals surface area contributed by atoms with Crippen LogP contribution in [-0.2, 0) is 0 Å². The average molecular weight is 211 g/mol. The van der Waals surface area contributed by atoms with E-state index in [0.717, 1.165) is 18.4 Å². The fourth-order valence-corrected chi connectivity index (χ4v) is 2.27. The van der Waals surface area contributed by atoms with Gasteiger partial charge in [-0.25, -0.2) is 0 Å². The van der Waals surface area contributed by atoms with Crippen molar-refractivity contribution in [2.45, 2.75) is 44.9 Å². The standard InChI is InChI=1S/C12H25N3/c1-13-12(14-2)15-10-11-8-6-4-3-5-7-9-11/h11H,3-10H2,1-2H3,(H2,13,14,15). The minimum absolute atomic E-state index is 0.843. The fourth-order valence-electron chi connectivity index (χ4n) is 2.27. The minimum atomic E-state index is 0.843. The lowest BCUT2D eigenvalue weighted by molar-refractivity contribution is 0.375. The Bertz CT molecular complexity index is 181. The summed E-state index contributed by atoms with van der Waals surface area (Å²) in [5.41, 5.74) is 0. The zero-order chi connectivity index (χ0) is 10.9. The minimum Gasteiger partial charge on any atom is -0.359 e. The van der Waals surface area contributed by atoms with Crippen LogP contribution in [0.5, 0.6) is 0 Å². The van der Waals surface area contributed by atoms with Crippen LogP contribution in [0.1, 0.15) is 44.9 Å². The van der Waals surface area contributed by atoms with E-state index in [0.29, 0.717) is 0 Å². The van der Waals surface area contributed by atoms with Crippen LogP contribution < -0.4 is 10.6 Å². The first-order chi connectivity index (χ1) is 7.36. The van der Waals surface area contributed by atoms with Crippen LogP contribution in [0.15, 0.2) is 4.99 Å². The van der Waals surface area contributed by atoms with Crippen molar-refractivity contribution in [1.82, 2.24) is 10.6 Å². The first-order valence-electron chi connectivity index (χ1n) is 6.25. The second-order valence-corrected chi connectivity index (χ2v) is 4.41. The molecule has 0 radical (unpaired) electrons. The average Bonchev–Trinajstić information content (AvgIpc) is 2.21. The van der Waals surface area contributed by atoms with Crippen molar-refractivity contribution in [3.63, 3.8) is 0 Å². The molecule has 0 amide bonds. The van der Waals surface area contributed by atoms with Crippen molar-refractivity contribution in [1.29, 1.82) is 0 Å². The van der Waals surface area contributed by atoms with Gasteiger partial charge in [0.15, 0.2) is 5.96 Å². The van der Waals surface area contributed by atoms with Crippen molar-refractivity contribution in [2.24, 2.45) is 10.9 Å². The normalized spacial score (nSPS) is 20.5. The summed E-state index contributed by atoms with van der Waals surface area (Å²) >= 11 is 0. The molecule has 1 aliphatic rings. The van der Waals surface area contributed by atoms with Gasteiger partial charge in [0.05, 0.1) is 0 Å². The Kier molecular flexibility index (Phi) is 6.21. The van der Waals surface area contributed by atoms with Crippen molar-refractivity contribution in [2.75, 3.05) is 20.6 Å². The molecule has 0 bridgehead atoms. The molecule has 0 aromatic carbocycles. The first kappa shape index (κ1) is 12.3. The highest BCUT2D eigenvalue weighted by Gasteiger charge is 2.11. The van der Waals surface area contributed by atoms with Crippen LogP contribution in [0.3, 0.4) is 0 Å². The smallest absolute Gasteiger partial charge is 0.190 e. The predicted molar refractivity (Wildman–Crippen MR) is 66.2 cm³/mol. The van der Waals surface area contributed by atoms with Gasteiger partial charge in [-0.3, -0.25) is 4.99 Å². The number of nitrogens with zero attached hydrogens (tertiary/aromatic N) is 1. The molecule has 1 saturated carbocycles. The van der Waals surface area contributed by atoms with Gasteiger partial charge < -0.3 is 10.6 Å². The van der Waals surface area contributed by atoms with Crippen LogP contribution in [0.25, 0.3) is 0 Å². The van der Waals surface area contributed by atoms with E-state index in [2.05, 4.69) is 15.6 Å². The Morgan fingerprint density at radius 1 is 1.13 bits per heavy atom. The highest BCUT2D eigenvalue weighted by Crippen LogP contribution is 2.21. The molecule has 3 heteroatoms. The van der Waals surface area contributed by atoms with E-state index in [-0.39, 0.29) is 0 Å². The van der Waals surface area contributed by atoms with Crippen molar-refractivity contribution < 1.29 is 0 Å². The first-order valence-corrected chi connectivity index (χ1v) is 6.25. The molecule has 0 heterocycles. The lowest BCUT2D eigenvalue weighted by atomic mass is 9.91. The molecule has 0 atom stereocenters. The van der Waals surface area contributed by atoms with Crippen LogP contribution >= 0.6 is 0 Å². The summed E-state index contributed by atoms with van der Waals surface area (Å²) in [6, 6.07) is 0. The molecule has 0 aromatic heterocycles. The second kappa shape index (κ2) is 7.55. The molecule has 1 aliphatic carbocycles. The van der Waals surface area contributed by atoms with Gasteiger partial charge >= 0.3 is 0 Å². The summed E-state index contributed by atoms with van der Waals surface area (Å²) in [4.78, 5) is 4.13. The molecule has 2 N–H and O–H groups in total. The van der Waals surface area contributed by atoms with Crippen molar-refractivity contribution in [3.8, 4) is 0 Å².